The Morgan fingerprint density at radius 2 is 1.31 bits per heavy atom. The van der Waals surface area contributed by atoms with Crippen molar-refractivity contribution in [2.24, 2.45) is 5.73 Å². The van der Waals surface area contributed by atoms with Crippen LogP contribution in [0.15, 0.2) is 94.3 Å². The Kier molecular flexibility index (Phi) is 15.7. The third kappa shape index (κ3) is 16.0. The van der Waals surface area contributed by atoms with Crippen molar-refractivity contribution < 1.29 is 28.3 Å². The van der Waals surface area contributed by atoms with Gasteiger partial charge in [0.15, 0.2) is 6.39 Å². The smallest absolute Gasteiger partial charge is 0.408 e. The van der Waals surface area contributed by atoms with Crippen molar-refractivity contribution in [1.29, 1.82) is 0 Å². The van der Waals surface area contributed by atoms with Crippen LogP contribution in [0.2, 0.25) is 0 Å². The summed E-state index contributed by atoms with van der Waals surface area (Å²) < 4.78 is 16.3. The number of carbonyl (C=O) groups excluding carboxylic acids is 3. The van der Waals surface area contributed by atoms with E-state index in [4.69, 9.17) is 19.6 Å². The van der Waals surface area contributed by atoms with E-state index in [0.29, 0.717) is 5.56 Å². The zero-order valence-corrected chi connectivity index (χ0v) is 31.3. The van der Waals surface area contributed by atoms with Gasteiger partial charge >= 0.3 is 12.2 Å². The van der Waals surface area contributed by atoms with Gasteiger partial charge in [-0.2, -0.15) is 0 Å². The zero-order chi connectivity index (χ0) is 36.8. The predicted octanol–water partition coefficient (Wildman–Crippen LogP) is 9.48. The Morgan fingerprint density at radius 1 is 0.796 bits per heavy atom. The maximum Gasteiger partial charge on any atom is 0.408 e. The minimum Gasteiger partial charge on any atom is -0.451 e. The predicted molar refractivity (Wildman–Crippen MR) is 196 cm³/mol. The number of nitrogens with zero attached hydrogens (tertiary/aromatic N) is 1. The van der Waals surface area contributed by atoms with Gasteiger partial charge in [0.05, 0.1) is 12.1 Å². The Labute approximate surface area is 298 Å². The summed E-state index contributed by atoms with van der Waals surface area (Å²) in [5.41, 5.74) is 10.3. The fourth-order valence-corrected chi connectivity index (χ4v) is 4.57. The Balaban J connectivity index is 0.000000257. The van der Waals surface area contributed by atoms with Crippen LogP contribution in [0.3, 0.4) is 0 Å². The number of halogens is 1. The number of amides is 2. The molecule has 1 heterocycles. The Morgan fingerprint density at radius 3 is 1.78 bits per heavy atom. The maximum atomic E-state index is 11.6. The Hall–Kier alpha value is -4.48. The van der Waals surface area contributed by atoms with Gasteiger partial charge in [0, 0.05) is 21.6 Å². The second kappa shape index (κ2) is 18.9. The van der Waals surface area contributed by atoms with Crippen molar-refractivity contribution in [3.63, 3.8) is 0 Å². The van der Waals surface area contributed by atoms with Gasteiger partial charge in [-0.15, -0.1) is 0 Å². The third-order valence-electron chi connectivity index (χ3n) is 6.50. The van der Waals surface area contributed by atoms with Crippen molar-refractivity contribution in [1.82, 2.24) is 15.6 Å². The van der Waals surface area contributed by atoms with Crippen molar-refractivity contribution >= 4 is 34.4 Å². The number of alkyl carbamates (subject to hydrolysis) is 2. The van der Waals surface area contributed by atoms with Crippen LogP contribution in [-0.2, 0) is 9.47 Å². The van der Waals surface area contributed by atoms with Crippen molar-refractivity contribution in [2.45, 2.75) is 91.6 Å². The lowest BCUT2D eigenvalue weighted by Crippen LogP contribution is -2.34. The number of ether oxygens (including phenoxy) is 2. The molecule has 0 aliphatic carbocycles. The largest absolute Gasteiger partial charge is 0.451 e. The molecule has 3 aromatic carbocycles. The number of nitrogens with two attached hydrogens (primary N) is 1. The first-order chi connectivity index (χ1) is 22.9. The zero-order valence-electron chi connectivity index (χ0n) is 29.7. The highest BCUT2D eigenvalue weighted by Crippen LogP contribution is 2.21. The summed E-state index contributed by atoms with van der Waals surface area (Å²) in [6.07, 6.45) is 2.97. The van der Waals surface area contributed by atoms with E-state index in [2.05, 4.69) is 31.5 Å². The SMILES string of the molecule is C[C@H](N)c1cccc(-c2cocn2)c1.C[C@H](NC(=O)OC(C)(C)C)c1cccc(Br)c1.C[C@H](NC(=O)OC(C)(C)C)c1cccc(C=O)c1. The molecule has 0 saturated heterocycles. The molecule has 10 nitrogen and oxygen atoms in total. The van der Waals surface area contributed by atoms with Gasteiger partial charge < -0.3 is 30.3 Å². The number of rotatable bonds is 7. The van der Waals surface area contributed by atoms with Crippen LogP contribution in [0.5, 0.6) is 0 Å². The van der Waals surface area contributed by atoms with E-state index in [1.54, 1.807) is 24.5 Å². The van der Waals surface area contributed by atoms with Crippen LogP contribution in [0.4, 0.5) is 9.59 Å². The number of aldehydes is 1. The second-order valence-corrected chi connectivity index (χ2v) is 14.3. The van der Waals surface area contributed by atoms with E-state index in [1.807, 2.05) is 117 Å². The minimum absolute atomic E-state index is 0.0434. The number of aromatic nitrogens is 1. The molecule has 4 aromatic rings. The summed E-state index contributed by atoms with van der Waals surface area (Å²) in [6.45, 7) is 16.7. The second-order valence-electron chi connectivity index (χ2n) is 13.4. The molecule has 4 rings (SSSR count). The van der Waals surface area contributed by atoms with Crippen LogP contribution in [-0.4, -0.2) is 34.7 Å². The lowest BCUT2D eigenvalue weighted by molar-refractivity contribution is 0.0496. The normalized spacial score (nSPS) is 12.8. The molecule has 3 atom stereocenters. The summed E-state index contributed by atoms with van der Waals surface area (Å²) in [5.74, 6) is 0. The summed E-state index contributed by atoms with van der Waals surface area (Å²) in [7, 11) is 0. The number of oxazole rings is 1. The van der Waals surface area contributed by atoms with Crippen LogP contribution >= 0.6 is 15.9 Å². The first-order valence-electron chi connectivity index (χ1n) is 15.9. The number of nitrogens with one attached hydrogen (secondary N) is 2. The standard InChI is InChI=1S/C14H19NO3.C13H18BrNO2.C11H12N2O/c1-10(15-13(17)18-14(2,3)4)12-7-5-6-11(8-12)9-16;1-9(10-6-5-7-11(14)8-10)15-12(16)17-13(2,3)4;1-8(12)9-3-2-4-10(5-9)11-6-14-7-13-11/h5-10H,1-4H3,(H,15,17);5-9H,1-4H3,(H,15,16);2-8H,12H2,1H3/t10-;9-;8-/m000/s1. The van der Waals surface area contributed by atoms with Gasteiger partial charge in [0.1, 0.15) is 29.4 Å². The monoisotopic (exact) mass is 736 g/mol. The molecule has 2 amide bonds. The van der Waals surface area contributed by atoms with Gasteiger partial charge in [-0.25, -0.2) is 14.6 Å². The minimum atomic E-state index is -0.519. The van der Waals surface area contributed by atoms with E-state index in [9.17, 15) is 14.4 Å². The summed E-state index contributed by atoms with van der Waals surface area (Å²) in [6, 6.07) is 22.7. The molecule has 4 N–H and O–H groups in total. The van der Waals surface area contributed by atoms with E-state index in [1.165, 1.54) is 6.39 Å². The molecule has 0 spiro atoms. The van der Waals surface area contributed by atoms with Crippen molar-refractivity contribution in [2.75, 3.05) is 0 Å². The Bertz CT molecular complexity index is 1630. The average molecular weight is 738 g/mol. The highest BCUT2D eigenvalue weighted by Gasteiger charge is 2.19. The number of carbonyl (C=O) groups is 3. The highest BCUT2D eigenvalue weighted by atomic mass is 79.9. The first-order valence-corrected chi connectivity index (χ1v) is 16.7. The van der Waals surface area contributed by atoms with Crippen LogP contribution < -0.4 is 16.4 Å². The van der Waals surface area contributed by atoms with Crippen LogP contribution in [0, 0.1) is 0 Å². The molecule has 49 heavy (non-hydrogen) atoms. The highest BCUT2D eigenvalue weighted by molar-refractivity contribution is 9.10. The fourth-order valence-electron chi connectivity index (χ4n) is 4.15. The average Bonchev–Trinajstić information content (AvgIpc) is 3.55. The first kappa shape index (κ1) is 40.7. The topological polar surface area (TPSA) is 146 Å². The number of benzene rings is 3. The van der Waals surface area contributed by atoms with Gasteiger partial charge in [-0.3, -0.25) is 4.79 Å². The molecule has 11 heteroatoms. The van der Waals surface area contributed by atoms with Crippen LogP contribution in [0.1, 0.15) is 107 Å². The van der Waals surface area contributed by atoms with Gasteiger partial charge in [0.25, 0.3) is 0 Å². The molecule has 264 valence electrons. The molecule has 1 aromatic heterocycles. The molecule has 0 fully saturated rings. The van der Waals surface area contributed by atoms with Crippen molar-refractivity contribution in [3.05, 3.63) is 112 Å². The fraction of sp³-hybridized carbons (Fsp3) is 0.368. The van der Waals surface area contributed by atoms with E-state index in [-0.39, 0.29) is 18.1 Å². The molecule has 0 unspecified atom stereocenters. The summed E-state index contributed by atoms with van der Waals surface area (Å²) in [4.78, 5) is 37.9. The molecular weight excluding hydrogens is 688 g/mol. The lowest BCUT2D eigenvalue weighted by Gasteiger charge is -2.22. The van der Waals surface area contributed by atoms with E-state index in [0.717, 1.165) is 38.7 Å². The quantitative estimate of drug-likeness (QED) is 0.159. The van der Waals surface area contributed by atoms with Crippen LogP contribution in [0.25, 0.3) is 11.3 Å². The van der Waals surface area contributed by atoms with E-state index >= 15 is 0 Å². The van der Waals surface area contributed by atoms with Gasteiger partial charge in [-0.1, -0.05) is 64.5 Å². The van der Waals surface area contributed by atoms with Gasteiger partial charge in [-0.05, 0) is 103 Å². The summed E-state index contributed by atoms with van der Waals surface area (Å²) in [5, 5.41) is 5.52. The molecule has 0 aliphatic rings. The molecule has 0 bridgehead atoms. The molecule has 0 aliphatic heterocycles. The number of hydrogen-bond donors (Lipinski definition) is 3. The van der Waals surface area contributed by atoms with E-state index < -0.39 is 23.4 Å². The van der Waals surface area contributed by atoms with Crippen molar-refractivity contribution in [3.8, 4) is 11.3 Å². The summed E-state index contributed by atoms with van der Waals surface area (Å²) >= 11 is 3.40. The van der Waals surface area contributed by atoms with Gasteiger partial charge in [0.2, 0.25) is 0 Å². The third-order valence-corrected chi connectivity index (χ3v) is 7.00. The lowest BCUT2D eigenvalue weighted by atomic mass is 10.0. The molecule has 0 radical (unpaired) electrons. The number of hydrogen-bond acceptors (Lipinski definition) is 8. The molecule has 0 saturated carbocycles. The molecular formula is C38H49BrN4O6. The maximum absolute atomic E-state index is 11.6.